The van der Waals surface area contributed by atoms with E-state index in [0.717, 1.165) is 0 Å². The van der Waals surface area contributed by atoms with Crippen LogP contribution in [0.25, 0.3) is 0 Å². The van der Waals surface area contributed by atoms with Gasteiger partial charge in [0.15, 0.2) is 0 Å². The fraction of sp³-hybridized carbons (Fsp3) is 0.727. The van der Waals surface area contributed by atoms with Crippen LogP contribution in [0.4, 0.5) is 0 Å². The third-order valence-corrected chi connectivity index (χ3v) is 3.98. The van der Waals surface area contributed by atoms with Gasteiger partial charge in [0, 0.05) is 6.08 Å². The molecule has 0 bridgehead atoms. The second-order valence-electron chi connectivity index (χ2n) is 3.41. The molecule has 0 saturated heterocycles. The molecule has 0 saturated carbocycles. The lowest BCUT2D eigenvalue weighted by Crippen LogP contribution is -2.23. The molecule has 0 heterocycles. The molecule has 0 radical (unpaired) electrons. The maximum atomic E-state index is 12.0. The highest BCUT2D eigenvalue weighted by Gasteiger charge is 2.28. The molecule has 0 aliphatic heterocycles. The first-order chi connectivity index (χ1) is 8.47. The van der Waals surface area contributed by atoms with E-state index in [-0.39, 0.29) is 26.0 Å². The van der Waals surface area contributed by atoms with Gasteiger partial charge in [0.2, 0.25) is 0 Å². The van der Waals surface area contributed by atoms with Crippen LogP contribution in [-0.2, 0) is 23.1 Å². The van der Waals surface area contributed by atoms with Crippen molar-refractivity contribution in [2.24, 2.45) is 0 Å². The van der Waals surface area contributed by atoms with Gasteiger partial charge >= 0.3 is 13.6 Å². The second-order valence-corrected chi connectivity index (χ2v) is 5.52. The summed E-state index contributed by atoms with van der Waals surface area (Å²) in [6.07, 6.45) is 1.48. The van der Waals surface area contributed by atoms with E-state index in [1.165, 1.54) is 12.2 Å². The number of rotatable bonds is 9. The molecule has 1 N–H and O–H groups in total. The van der Waals surface area contributed by atoms with Crippen LogP contribution in [0.15, 0.2) is 12.2 Å². The summed E-state index contributed by atoms with van der Waals surface area (Å²) in [6, 6.07) is 0. The van der Waals surface area contributed by atoms with Gasteiger partial charge < -0.3 is 18.9 Å². The number of allylic oxidation sites excluding steroid dienone is 1. The molecule has 0 aromatic heterocycles. The van der Waals surface area contributed by atoms with Gasteiger partial charge in [-0.2, -0.15) is 0 Å². The Labute approximate surface area is 107 Å². The highest BCUT2D eigenvalue weighted by molar-refractivity contribution is 7.53. The van der Waals surface area contributed by atoms with Gasteiger partial charge in [0.25, 0.3) is 0 Å². The Morgan fingerprint density at radius 1 is 1.33 bits per heavy atom. The average Bonchev–Trinajstić information content (AvgIpc) is 2.27. The molecule has 0 amide bonds. The van der Waals surface area contributed by atoms with Gasteiger partial charge in [-0.1, -0.05) is 6.08 Å². The Bertz CT molecular complexity index is 305. The molecule has 0 aromatic carbocycles. The number of aliphatic hydroxyl groups excluding tert-OH is 1. The van der Waals surface area contributed by atoms with Crippen LogP contribution in [0.1, 0.15) is 20.8 Å². The first kappa shape index (κ1) is 17.3. The number of carbonyl (C=O) groups excluding carboxylic acids is 1. The first-order valence-corrected chi connectivity index (χ1v) is 7.55. The van der Waals surface area contributed by atoms with Gasteiger partial charge in [-0.15, -0.1) is 0 Å². The monoisotopic (exact) mass is 280 g/mol. The van der Waals surface area contributed by atoms with E-state index < -0.39 is 19.7 Å². The zero-order valence-electron chi connectivity index (χ0n) is 11.0. The fourth-order valence-corrected chi connectivity index (χ4v) is 2.90. The lowest BCUT2D eigenvalue weighted by Gasteiger charge is -2.19. The molecule has 0 fully saturated rings. The van der Waals surface area contributed by atoms with Crippen LogP contribution in [0.3, 0.4) is 0 Å². The molecule has 1 atom stereocenters. The molecule has 0 aliphatic rings. The molecule has 0 spiro atoms. The summed E-state index contributed by atoms with van der Waals surface area (Å²) >= 11 is 0. The molecule has 106 valence electrons. The maximum absolute atomic E-state index is 12.0. The molecule has 0 aromatic rings. The van der Waals surface area contributed by atoms with E-state index in [4.69, 9.17) is 13.8 Å². The van der Waals surface area contributed by atoms with Gasteiger partial charge in [-0.05, 0) is 20.8 Å². The van der Waals surface area contributed by atoms with Crippen molar-refractivity contribution in [3.8, 4) is 0 Å². The minimum Gasteiger partial charge on any atom is -0.460 e. The molecule has 0 aliphatic carbocycles. The number of hydrogen-bond acceptors (Lipinski definition) is 6. The third kappa shape index (κ3) is 7.61. The van der Waals surface area contributed by atoms with Gasteiger partial charge in [0.05, 0.1) is 25.5 Å². The number of aliphatic hydroxyl groups is 1. The van der Waals surface area contributed by atoms with Gasteiger partial charge in [0.1, 0.15) is 6.61 Å². The second kappa shape index (κ2) is 9.28. The fourth-order valence-electron chi connectivity index (χ4n) is 1.21. The van der Waals surface area contributed by atoms with Gasteiger partial charge in [-0.3, -0.25) is 4.57 Å². The van der Waals surface area contributed by atoms with Crippen LogP contribution in [0.2, 0.25) is 0 Å². The quantitative estimate of drug-likeness (QED) is 0.393. The topological polar surface area (TPSA) is 82.1 Å². The number of esters is 1. The Morgan fingerprint density at radius 2 is 1.89 bits per heavy atom. The molecule has 18 heavy (non-hydrogen) atoms. The largest absolute Gasteiger partial charge is 0.460 e. The Hall–Kier alpha value is -0.680. The normalized spacial score (nSPS) is 13.8. The summed E-state index contributed by atoms with van der Waals surface area (Å²) in [6.45, 7) is 5.25. The van der Waals surface area contributed by atoms with Crippen LogP contribution in [0.5, 0.6) is 0 Å². The molecular weight excluding hydrogens is 259 g/mol. The minimum atomic E-state index is -3.31. The van der Waals surface area contributed by atoms with Crippen molar-refractivity contribution >= 4 is 13.6 Å². The van der Waals surface area contributed by atoms with E-state index in [9.17, 15) is 14.5 Å². The molecular formula is C11H21O6P. The van der Waals surface area contributed by atoms with Crippen molar-refractivity contribution in [1.29, 1.82) is 0 Å². The van der Waals surface area contributed by atoms with Crippen molar-refractivity contribution in [3.05, 3.63) is 12.2 Å². The van der Waals surface area contributed by atoms with Crippen molar-refractivity contribution in [2.45, 2.75) is 26.9 Å². The smallest absolute Gasteiger partial charge is 0.333 e. The standard InChI is InChI=1S/C11H21O6P/c1-4-7-11(13)15-8-10(12)9-18(14,16-5-2)17-6-3/h4,7,10,12H,5-6,8-9H2,1-3H3. The van der Waals surface area contributed by atoms with Gasteiger partial charge in [-0.25, -0.2) is 4.79 Å². The van der Waals surface area contributed by atoms with Crippen molar-refractivity contribution < 1.29 is 28.3 Å². The predicted molar refractivity (Wildman–Crippen MR) is 67.5 cm³/mol. The van der Waals surface area contributed by atoms with E-state index in [2.05, 4.69) is 0 Å². The minimum absolute atomic E-state index is 0.197. The summed E-state index contributed by atoms with van der Waals surface area (Å²) < 4.78 is 26.8. The zero-order chi connectivity index (χ0) is 14.0. The van der Waals surface area contributed by atoms with Crippen molar-refractivity contribution in [2.75, 3.05) is 26.0 Å². The summed E-state index contributed by atoms with van der Waals surface area (Å²) in [7, 11) is -3.31. The number of hydrogen-bond donors (Lipinski definition) is 1. The molecule has 1 unspecified atom stereocenters. The average molecular weight is 280 g/mol. The van der Waals surface area contributed by atoms with Crippen LogP contribution < -0.4 is 0 Å². The van der Waals surface area contributed by atoms with E-state index in [0.29, 0.717) is 0 Å². The summed E-state index contributed by atoms with van der Waals surface area (Å²) in [5.74, 6) is -0.556. The van der Waals surface area contributed by atoms with Crippen molar-refractivity contribution in [1.82, 2.24) is 0 Å². The molecule has 0 rings (SSSR count). The predicted octanol–water partition coefficient (Wildman–Crippen LogP) is 1.73. The van der Waals surface area contributed by atoms with E-state index in [1.54, 1.807) is 20.8 Å². The number of carbonyl (C=O) groups is 1. The summed E-state index contributed by atoms with van der Waals surface area (Å²) in [4.78, 5) is 11.0. The first-order valence-electron chi connectivity index (χ1n) is 5.83. The van der Waals surface area contributed by atoms with E-state index >= 15 is 0 Å². The lowest BCUT2D eigenvalue weighted by molar-refractivity contribution is -0.140. The highest BCUT2D eigenvalue weighted by atomic mass is 31.2. The Balaban J connectivity index is 4.21. The molecule has 6 nitrogen and oxygen atoms in total. The summed E-state index contributed by atoms with van der Waals surface area (Å²) in [5.41, 5.74) is 0. The third-order valence-electron chi connectivity index (χ3n) is 1.81. The Kier molecular flexibility index (Phi) is 8.93. The van der Waals surface area contributed by atoms with Crippen LogP contribution in [-0.4, -0.2) is 43.2 Å². The summed E-state index contributed by atoms with van der Waals surface area (Å²) in [5, 5.41) is 9.62. The number of ether oxygens (including phenoxy) is 1. The SMILES string of the molecule is CC=CC(=O)OCC(O)CP(=O)(OCC)OCC. The Morgan fingerprint density at radius 3 is 2.33 bits per heavy atom. The van der Waals surface area contributed by atoms with E-state index in [1.807, 2.05) is 0 Å². The zero-order valence-corrected chi connectivity index (χ0v) is 11.9. The highest BCUT2D eigenvalue weighted by Crippen LogP contribution is 2.48. The van der Waals surface area contributed by atoms with Crippen molar-refractivity contribution in [3.63, 3.8) is 0 Å². The lowest BCUT2D eigenvalue weighted by atomic mass is 10.4. The van der Waals surface area contributed by atoms with Crippen LogP contribution in [0, 0.1) is 0 Å². The maximum Gasteiger partial charge on any atom is 0.333 e. The van der Waals surface area contributed by atoms with Crippen LogP contribution >= 0.6 is 7.60 Å². The molecule has 7 heteroatoms.